The van der Waals surface area contributed by atoms with E-state index in [1.165, 1.54) is 18.2 Å². The van der Waals surface area contributed by atoms with Crippen LogP contribution in [0.15, 0.2) is 48.8 Å². The number of hydrogen-bond donors (Lipinski definition) is 3. The van der Waals surface area contributed by atoms with Gasteiger partial charge in [0.05, 0.1) is 23.4 Å². The fourth-order valence-corrected chi connectivity index (χ4v) is 5.97. The lowest BCUT2D eigenvalue weighted by molar-refractivity contribution is -0.148. The highest BCUT2D eigenvalue weighted by atomic mass is 19.4. The summed E-state index contributed by atoms with van der Waals surface area (Å²) < 4.78 is 53.4. The Morgan fingerprint density at radius 2 is 1.74 bits per heavy atom. The molecule has 4 aromatic rings. The van der Waals surface area contributed by atoms with E-state index >= 15 is 0 Å². The van der Waals surface area contributed by atoms with E-state index in [1.807, 2.05) is 0 Å². The van der Waals surface area contributed by atoms with Crippen molar-refractivity contribution in [1.82, 2.24) is 19.9 Å². The van der Waals surface area contributed by atoms with Gasteiger partial charge in [0.15, 0.2) is 5.82 Å². The molecule has 3 aromatic heterocycles. The minimum absolute atomic E-state index is 0.0772. The van der Waals surface area contributed by atoms with E-state index in [9.17, 15) is 27.5 Å². The molecule has 11 heteroatoms. The van der Waals surface area contributed by atoms with Crippen LogP contribution in [0, 0.1) is 23.6 Å². The number of halogens is 4. The standard InChI is InChI=1S/C27H23F4N5O2/c28-17-9-18-19(12-33-24(18)32-11-17)25-34-20(13-5-7-16(8-6-13)27(29,30)31)10-21(36-25)35-23-15-3-1-14(2-4-15)22(23)26(37)38/h5-12,14-15,22-23H,1-4H2,(H,32,33)(H,37,38)(H,34,35,36). The first kappa shape index (κ1) is 24.3. The summed E-state index contributed by atoms with van der Waals surface area (Å²) in [5.41, 5.74) is 0.875. The van der Waals surface area contributed by atoms with Gasteiger partial charge in [0, 0.05) is 34.8 Å². The molecule has 3 aliphatic rings. The number of fused-ring (bicyclic) bond motifs is 4. The van der Waals surface area contributed by atoms with Crippen molar-refractivity contribution >= 4 is 22.8 Å². The number of aromatic nitrogens is 4. The molecule has 7 rings (SSSR count). The second-order valence-electron chi connectivity index (χ2n) is 10.00. The molecule has 0 radical (unpaired) electrons. The van der Waals surface area contributed by atoms with Crippen molar-refractivity contribution in [1.29, 1.82) is 0 Å². The topological polar surface area (TPSA) is 104 Å². The number of anilines is 1. The summed E-state index contributed by atoms with van der Waals surface area (Å²) in [4.78, 5) is 28.4. The molecular formula is C27H23F4N5O2. The predicted octanol–water partition coefficient (Wildman–Crippen LogP) is 6.15. The first-order valence-corrected chi connectivity index (χ1v) is 12.4. The van der Waals surface area contributed by atoms with Crippen LogP contribution in [-0.4, -0.2) is 37.1 Å². The van der Waals surface area contributed by atoms with E-state index in [0.29, 0.717) is 33.7 Å². The number of nitrogens with one attached hydrogen (secondary N) is 2. The number of hydrogen-bond acceptors (Lipinski definition) is 5. The molecule has 2 bridgehead atoms. The molecule has 38 heavy (non-hydrogen) atoms. The Hall–Kier alpha value is -4.02. The molecule has 3 N–H and O–H groups in total. The zero-order chi connectivity index (χ0) is 26.6. The average molecular weight is 526 g/mol. The molecule has 1 aromatic carbocycles. The third-order valence-electron chi connectivity index (χ3n) is 7.79. The average Bonchev–Trinajstić information content (AvgIpc) is 3.31. The third-order valence-corrected chi connectivity index (χ3v) is 7.79. The largest absolute Gasteiger partial charge is 0.481 e. The van der Waals surface area contributed by atoms with Crippen LogP contribution in [0.1, 0.15) is 31.2 Å². The lowest BCUT2D eigenvalue weighted by atomic mass is 9.61. The van der Waals surface area contributed by atoms with Crippen molar-refractivity contribution in [3.05, 3.63) is 60.2 Å². The van der Waals surface area contributed by atoms with Crippen LogP contribution in [0.4, 0.5) is 23.4 Å². The van der Waals surface area contributed by atoms with Crippen LogP contribution >= 0.6 is 0 Å². The van der Waals surface area contributed by atoms with Crippen molar-refractivity contribution in [3.63, 3.8) is 0 Å². The molecule has 0 amide bonds. The SMILES string of the molecule is O=C(O)C1C2CCC(CC2)C1Nc1cc(-c2ccc(C(F)(F)F)cc2)nc(-c2c[nH]c3ncc(F)cc23)n1. The van der Waals surface area contributed by atoms with Crippen molar-refractivity contribution in [2.24, 2.45) is 17.8 Å². The van der Waals surface area contributed by atoms with Gasteiger partial charge in [0.25, 0.3) is 0 Å². The Morgan fingerprint density at radius 3 is 2.42 bits per heavy atom. The zero-order valence-electron chi connectivity index (χ0n) is 20.0. The van der Waals surface area contributed by atoms with Gasteiger partial charge in [0.1, 0.15) is 17.3 Å². The van der Waals surface area contributed by atoms with Gasteiger partial charge < -0.3 is 15.4 Å². The Morgan fingerprint density at radius 1 is 1.03 bits per heavy atom. The summed E-state index contributed by atoms with van der Waals surface area (Å²) in [6, 6.07) is 7.20. The summed E-state index contributed by atoms with van der Waals surface area (Å²) in [5.74, 6) is -1.16. The highest BCUT2D eigenvalue weighted by Gasteiger charge is 2.47. The summed E-state index contributed by atoms with van der Waals surface area (Å²) in [6.07, 6.45) is 1.79. The molecule has 196 valence electrons. The number of carbonyl (C=O) groups is 1. The summed E-state index contributed by atoms with van der Waals surface area (Å²) in [7, 11) is 0. The molecular weight excluding hydrogens is 502 g/mol. The van der Waals surface area contributed by atoms with Crippen molar-refractivity contribution in [2.75, 3.05) is 5.32 Å². The van der Waals surface area contributed by atoms with E-state index in [-0.39, 0.29) is 23.7 Å². The fourth-order valence-electron chi connectivity index (χ4n) is 5.97. The van der Waals surface area contributed by atoms with E-state index < -0.39 is 29.4 Å². The third kappa shape index (κ3) is 4.35. The number of alkyl halides is 3. The molecule has 0 saturated heterocycles. The molecule has 2 atom stereocenters. The first-order valence-electron chi connectivity index (χ1n) is 12.4. The number of nitrogens with zero attached hydrogens (tertiary/aromatic N) is 3. The number of carboxylic acid groups (broad SMARTS) is 1. The Bertz CT molecular complexity index is 1510. The second kappa shape index (κ2) is 9.07. The smallest absolute Gasteiger partial charge is 0.416 e. The van der Waals surface area contributed by atoms with Crippen LogP contribution in [0.2, 0.25) is 0 Å². The second-order valence-corrected chi connectivity index (χ2v) is 10.00. The number of rotatable bonds is 5. The normalized spacial score (nSPS) is 23.1. The van der Waals surface area contributed by atoms with Crippen LogP contribution in [-0.2, 0) is 11.0 Å². The maximum atomic E-state index is 14.0. The number of aliphatic carboxylic acids is 1. The van der Waals surface area contributed by atoms with E-state index in [0.717, 1.165) is 44.0 Å². The fraction of sp³-hybridized carbons (Fsp3) is 0.333. The highest BCUT2D eigenvalue weighted by molar-refractivity contribution is 5.92. The van der Waals surface area contributed by atoms with Crippen LogP contribution in [0.3, 0.4) is 0 Å². The highest BCUT2D eigenvalue weighted by Crippen LogP contribution is 2.46. The van der Waals surface area contributed by atoms with Gasteiger partial charge in [-0.2, -0.15) is 13.2 Å². The molecule has 3 saturated carbocycles. The lowest BCUT2D eigenvalue weighted by Crippen LogP contribution is -2.51. The van der Waals surface area contributed by atoms with Crippen LogP contribution in [0.5, 0.6) is 0 Å². The van der Waals surface area contributed by atoms with Crippen LogP contribution < -0.4 is 5.32 Å². The number of carboxylic acids is 1. The van der Waals surface area contributed by atoms with E-state index in [1.54, 1.807) is 12.3 Å². The summed E-state index contributed by atoms with van der Waals surface area (Å²) >= 11 is 0. The Labute approximate surface area is 214 Å². The number of H-pyrrole nitrogens is 1. The molecule has 3 fully saturated rings. The molecule has 0 aliphatic heterocycles. The molecule has 7 nitrogen and oxygen atoms in total. The number of pyridine rings is 1. The van der Waals surface area contributed by atoms with Gasteiger partial charge in [-0.15, -0.1) is 0 Å². The molecule has 0 spiro atoms. The maximum Gasteiger partial charge on any atom is 0.416 e. The molecule has 3 heterocycles. The first-order chi connectivity index (χ1) is 18.2. The quantitative estimate of drug-likeness (QED) is 0.270. The lowest BCUT2D eigenvalue weighted by Gasteiger charge is -2.47. The van der Waals surface area contributed by atoms with Crippen molar-refractivity contribution in [3.8, 4) is 22.6 Å². The minimum Gasteiger partial charge on any atom is -0.481 e. The van der Waals surface area contributed by atoms with Gasteiger partial charge >= 0.3 is 12.1 Å². The number of benzene rings is 1. The summed E-state index contributed by atoms with van der Waals surface area (Å²) in [6.45, 7) is 0. The summed E-state index contributed by atoms with van der Waals surface area (Å²) in [5, 5.41) is 13.8. The van der Waals surface area contributed by atoms with Crippen molar-refractivity contribution in [2.45, 2.75) is 37.9 Å². The van der Waals surface area contributed by atoms with Gasteiger partial charge in [-0.3, -0.25) is 4.79 Å². The van der Waals surface area contributed by atoms with Gasteiger partial charge in [0.2, 0.25) is 0 Å². The Kier molecular flexibility index (Phi) is 5.81. The van der Waals surface area contributed by atoms with E-state index in [4.69, 9.17) is 0 Å². The zero-order valence-corrected chi connectivity index (χ0v) is 20.0. The molecule has 2 unspecified atom stereocenters. The Balaban J connectivity index is 1.45. The van der Waals surface area contributed by atoms with Crippen LogP contribution in [0.25, 0.3) is 33.7 Å². The maximum absolute atomic E-state index is 14.0. The monoisotopic (exact) mass is 525 g/mol. The number of aromatic amines is 1. The van der Waals surface area contributed by atoms with Gasteiger partial charge in [-0.05, 0) is 55.7 Å². The minimum atomic E-state index is -4.48. The van der Waals surface area contributed by atoms with E-state index in [2.05, 4.69) is 25.3 Å². The van der Waals surface area contributed by atoms with Gasteiger partial charge in [-0.1, -0.05) is 12.1 Å². The van der Waals surface area contributed by atoms with Crippen molar-refractivity contribution < 1.29 is 27.5 Å². The predicted molar refractivity (Wildman–Crippen MR) is 132 cm³/mol. The van der Waals surface area contributed by atoms with Gasteiger partial charge in [-0.25, -0.2) is 19.3 Å². The molecule has 3 aliphatic carbocycles.